The van der Waals surface area contributed by atoms with Crippen molar-refractivity contribution in [1.82, 2.24) is 14.7 Å². The molecule has 100 valence electrons. The topological polar surface area (TPSA) is 21.1 Å². The Kier molecular flexibility index (Phi) is 3.77. The molecule has 1 aromatic carbocycles. The zero-order valence-electron chi connectivity index (χ0n) is 11.0. The van der Waals surface area contributed by atoms with Crippen molar-refractivity contribution >= 4 is 23.6 Å². The lowest BCUT2D eigenvalue weighted by Crippen LogP contribution is -2.30. The summed E-state index contributed by atoms with van der Waals surface area (Å²) in [4.78, 5) is 2.35. The van der Waals surface area contributed by atoms with Crippen LogP contribution in [0.4, 0.5) is 0 Å². The van der Waals surface area contributed by atoms with Crippen molar-refractivity contribution in [3.8, 4) is 0 Å². The molecule has 0 bridgehead atoms. The molecule has 1 heterocycles. The summed E-state index contributed by atoms with van der Waals surface area (Å²) in [5.74, 6) is 0. The van der Waals surface area contributed by atoms with Gasteiger partial charge in [0.15, 0.2) is 3.95 Å². The van der Waals surface area contributed by atoms with Gasteiger partial charge in [-0.25, -0.2) is 4.68 Å². The van der Waals surface area contributed by atoms with Gasteiger partial charge in [-0.1, -0.05) is 35.6 Å². The number of aryl methyl sites for hydroxylation is 1. The number of aromatic nitrogens is 2. The van der Waals surface area contributed by atoms with Crippen LogP contribution in [0.3, 0.4) is 0 Å². The van der Waals surface area contributed by atoms with Crippen molar-refractivity contribution in [2.45, 2.75) is 32.0 Å². The van der Waals surface area contributed by atoms with Crippen LogP contribution >= 0.6 is 23.6 Å². The number of fused-ring (bicyclic) bond motifs is 1. The Morgan fingerprint density at radius 3 is 3.11 bits per heavy atom. The lowest BCUT2D eigenvalue weighted by Gasteiger charge is -2.33. The van der Waals surface area contributed by atoms with E-state index in [0.717, 1.165) is 10.6 Å². The number of nitrogens with zero attached hydrogens (tertiary/aromatic N) is 3. The Hall–Kier alpha value is -1.04. The van der Waals surface area contributed by atoms with E-state index < -0.39 is 0 Å². The molecule has 1 atom stereocenters. The molecule has 3 rings (SSSR count). The van der Waals surface area contributed by atoms with Crippen molar-refractivity contribution in [3.05, 3.63) is 44.9 Å². The fourth-order valence-corrected chi connectivity index (χ4v) is 3.54. The summed E-state index contributed by atoms with van der Waals surface area (Å²) >= 11 is 6.79. The second-order valence-electron chi connectivity index (χ2n) is 5.01. The zero-order chi connectivity index (χ0) is 13.2. The first-order chi connectivity index (χ1) is 9.25. The molecule has 5 heteroatoms. The second kappa shape index (κ2) is 5.53. The lowest BCUT2D eigenvalue weighted by molar-refractivity contribution is 0.166. The first kappa shape index (κ1) is 13.0. The second-order valence-corrected chi connectivity index (χ2v) is 6.49. The molecular weight excluding hydrogens is 274 g/mol. The Morgan fingerprint density at radius 2 is 2.32 bits per heavy atom. The van der Waals surface area contributed by atoms with Gasteiger partial charge >= 0.3 is 0 Å². The molecule has 19 heavy (non-hydrogen) atoms. The Bertz CT molecular complexity index is 617. The van der Waals surface area contributed by atoms with Gasteiger partial charge in [0, 0.05) is 6.04 Å². The van der Waals surface area contributed by atoms with E-state index in [9.17, 15) is 0 Å². The third-order valence-electron chi connectivity index (χ3n) is 3.78. The van der Waals surface area contributed by atoms with E-state index in [-0.39, 0.29) is 0 Å². The first-order valence-electron chi connectivity index (χ1n) is 6.54. The predicted molar refractivity (Wildman–Crippen MR) is 80.8 cm³/mol. The van der Waals surface area contributed by atoms with E-state index in [4.69, 9.17) is 12.2 Å². The molecular formula is C14H17N3S2. The minimum atomic E-state index is 0.480. The summed E-state index contributed by atoms with van der Waals surface area (Å²) in [5, 5.41) is 4.30. The minimum Gasteiger partial charge on any atom is -0.280 e. The van der Waals surface area contributed by atoms with Crippen LogP contribution in [0, 0.1) is 3.95 Å². The van der Waals surface area contributed by atoms with Crippen LogP contribution in [-0.2, 0) is 13.1 Å². The third kappa shape index (κ3) is 2.63. The van der Waals surface area contributed by atoms with Crippen LogP contribution in [-0.4, -0.2) is 21.7 Å². The molecule has 0 fully saturated rings. The highest BCUT2D eigenvalue weighted by molar-refractivity contribution is 7.73. The van der Waals surface area contributed by atoms with Gasteiger partial charge in [-0.05, 0) is 49.7 Å². The van der Waals surface area contributed by atoms with Crippen molar-refractivity contribution in [2.24, 2.45) is 0 Å². The quantitative estimate of drug-likeness (QED) is 0.806. The molecule has 0 amide bonds. The highest BCUT2D eigenvalue weighted by atomic mass is 32.1. The Labute approximate surface area is 122 Å². The highest BCUT2D eigenvalue weighted by Crippen LogP contribution is 2.33. The van der Waals surface area contributed by atoms with Gasteiger partial charge < -0.3 is 0 Å². The van der Waals surface area contributed by atoms with Gasteiger partial charge in [0.05, 0.1) is 6.67 Å². The maximum absolute atomic E-state index is 5.28. The average Bonchev–Trinajstić information content (AvgIpc) is 2.83. The lowest BCUT2D eigenvalue weighted by atomic mass is 9.87. The molecule has 1 aliphatic rings. The van der Waals surface area contributed by atoms with Crippen molar-refractivity contribution in [1.29, 1.82) is 0 Å². The minimum absolute atomic E-state index is 0.480. The fraction of sp³-hybridized carbons (Fsp3) is 0.429. The van der Waals surface area contributed by atoms with Gasteiger partial charge in [-0.3, -0.25) is 4.90 Å². The van der Waals surface area contributed by atoms with Gasteiger partial charge in [0.25, 0.3) is 0 Å². The Morgan fingerprint density at radius 1 is 1.47 bits per heavy atom. The van der Waals surface area contributed by atoms with E-state index in [1.165, 1.54) is 41.7 Å². The summed E-state index contributed by atoms with van der Waals surface area (Å²) in [5.41, 5.74) is 4.77. The molecule has 2 aromatic rings. The molecule has 1 aromatic heterocycles. The van der Waals surface area contributed by atoms with Crippen LogP contribution in [0.15, 0.2) is 29.8 Å². The zero-order valence-corrected chi connectivity index (χ0v) is 12.6. The van der Waals surface area contributed by atoms with Crippen LogP contribution in [0.25, 0.3) is 0 Å². The largest absolute Gasteiger partial charge is 0.280 e. The van der Waals surface area contributed by atoms with Crippen LogP contribution < -0.4 is 0 Å². The standard InChI is InChI=1S/C14H17N3S2/c1-16(10-17-14(18)19-9-15-17)13-8-4-6-11-5-2-3-7-12(11)13/h2-3,5,7,9,13H,4,6,8,10H2,1H3. The summed E-state index contributed by atoms with van der Waals surface area (Å²) in [6.07, 6.45) is 3.68. The van der Waals surface area contributed by atoms with Gasteiger partial charge in [0.1, 0.15) is 5.51 Å². The maximum atomic E-state index is 5.28. The Balaban J connectivity index is 1.83. The van der Waals surface area contributed by atoms with E-state index in [2.05, 4.69) is 41.3 Å². The molecule has 0 aliphatic heterocycles. The van der Waals surface area contributed by atoms with Crippen LogP contribution in [0.2, 0.25) is 0 Å². The molecule has 0 saturated carbocycles. The maximum Gasteiger partial charge on any atom is 0.180 e. The summed E-state index contributed by atoms with van der Waals surface area (Å²) in [6, 6.07) is 9.27. The monoisotopic (exact) mass is 291 g/mol. The summed E-state index contributed by atoms with van der Waals surface area (Å²) in [7, 11) is 2.16. The average molecular weight is 291 g/mol. The van der Waals surface area contributed by atoms with E-state index in [1.54, 1.807) is 0 Å². The van der Waals surface area contributed by atoms with E-state index >= 15 is 0 Å². The molecule has 1 aliphatic carbocycles. The predicted octanol–water partition coefficient (Wildman–Crippen LogP) is 3.64. The molecule has 1 unspecified atom stereocenters. The van der Waals surface area contributed by atoms with Gasteiger partial charge in [-0.15, -0.1) is 0 Å². The van der Waals surface area contributed by atoms with Gasteiger partial charge in [-0.2, -0.15) is 5.10 Å². The number of hydrogen-bond acceptors (Lipinski definition) is 4. The van der Waals surface area contributed by atoms with Crippen molar-refractivity contribution in [3.63, 3.8) is 0 Å². The number of benzene rings is 1. The summed E-state index contributed by atoms with van der Waals surface area (Å²) < 4.78 is 2.74. The van der Waals surface area contributed by atoms with E-state index in [0.29, 0.717) is 6.04 Å². The highest BCUT2D eigenvalue weighted by Gasteiger charge is 2.23. The van der Waals surface area contributed by atoms with Crippen LogP contribution in [0.1, 0.15) is 30.0 Å². The fourth-order valence-electron chi connectivity index (χ4n) is 2.82. The van der Waals surface area contributed by atoms with Gasteiger partial charge in [0.2, 0.25) is 0 Å². The molecule has 0 N–H and O–H groups in total. The smallest absolute Gasteiger partial charge is 0.180 e. The summed E-state index contributed by atoms with van der Waals surface area (Å²) in [6.45, 7) is 0.765. The number of hydrogen-bond donors (Lipinski definition) is 0. The molecule has 3 nitrogen and oxygen atoms in total. The number of rotatable bonds is 3. The SMILES string of the molecule is CN(Cn1ncsc1=S)C1CCCc2ccccc21. The molecule has 0 spiro atoms. The van der Waals surface area contributed by atoms with Crippen molar-refractivity contribution < 1.29 is 0 Å². The molecule has 0 saturated heterocycles. The first-order valence-corrected chi connectivity index (χ1v) is 7.83. The van der Waals surface area contributed by atoms with E-state index in [1.807, 2.05) is 10.2 Å². The van der Waals surface area contributed by atoms with Crippen LogP contribution in [0.5, 0.6) is 0 Å². The third-order valence-corrected chi connectivity index (χ3v) is 4.89. The normalized spacial score (nSPS) is 18.5. The molecule has 0 radical (unpaired) electrons. The van der Waals surface area contributed by atoms with Crippen molar-refractivity contribution in [2.75, 3.05) is 7.05 Å².